The standard InChI is InChI=1S/C22H26N6O2/c1-4-9-27(3)22(30)16-11-19-20(23-13-24-28(19)12-16)26-18-10-15(6-5-14(18)2)21(29)25-17-7-8-17/h5-6,10-13,17H,4,7-9H2,1-3H3,(H,25,29)(H,23,24,26). The number of aromatic nitrogens is 3. The largest absolute Gasteiger partial charge is 0.349 e. The number of carbonyl (C=O) groups is 2. The van der Waals surface area contributed by atoms with Crippen molar-refractivity contribution in [1.29, 1.82) is 0 Å². The van der Waals surface area contributed by atoms with E-state index in [0.29, 0.717) is 35.0 Å². The van der Waals surface area contributed by atoms with Gasteiger partial charge in [0.2, 0.25) is 0 Å². The van der Waals surface area contributed by atoms with Crippen LogP contribution in [0, 0.1) is 6.92 Å². The third kappa shape index (κ3) is 4.12. The second-order valence-corrected chi connectivity index (χ2v) is 7.80. The van der Waals surface area contributed by atoms with E-state index in [9.17, 15) is 9.59 Å². The molecule has 2 amide bonds. The number of nitrogens with one attached hydrogen (secondary N) is 2. The Hall–Kier alpha value is -3.42. The van der Waals surface area contributed by atoms with Crippen LogP contribution in [-0.4, -0.2) is 50.9 Å². The molecule has 30 heavy (non-hydrogen) atoms. The van der Waals surface area contributed by atoms with Crippen molar-refractivity contribution in [3.05, 3.63) is 53.5 Å². The van der Waals surface area contributed by atoms with Crippen LogP contribution in [0.5, 0.6) is 0 Å². The summed E-state index contributed by atoms with van der Waals surface area (Å²) in [6.07, 6.45) is 6.14. The van der Waals surface area contributed by atoms with Gasteiger partial charge in [0.15, 0.2) is 5.82 Å². The van der Waals surface area contributed by atoms with E-state index in [1.807, 2.05) is 32.0 Å². The van der Waals surface area contributed by atoms with Crippen molar-refractivity contribution in [3.63, 3.8) is 0 Å². The number of aryl methyl sites for hydroxylation is 1. The second-order valence-electron chi connectivity index (χ2n) is 7.80. The molecule has 0 unspecified atom stereocenters. The molecule has 0 radical (unpaired) electrons. The maximum Gasteiger partial charge on any atom is 0.255 e. The van der Waals surface area contributed by atoms with Crippen molar-refractivity contribution >= 4 is 28.8 Å². The minimum absolute atomic E-state index is 0.0526. The molecule has 2 heterocycles. The van der Waals surface area contributed by atoms with Crippen molar-refractivity contribution in [2.24, 2.45) is 0 Å². The fourth-order valence-electron chi connectivity index (χ4n) is 3.32. The zero-order valence-corrected chi connectivity index (χ0v) is 17.5. The minimum Gasteiger partial charge on any atom is -0.349 e. The number of hydrogen-bond donors (Lipinski definition) is 2. The molecule has 3 aromatic rings. The lowest BCUT2D eigenvalue weighted by Gasteiger charge is -2.14. The zero-order valence-electron chi connectivity index (χ0n) is 17.5. The first-order valence-electron chi connectivity index (χ1n) is 10.2. The summed E-state index contributed by atoms with van der Waals surface area (Å²) in [4.78, 5) is 31.1. The molecule has 4 rings (SSSR count). The highest BCUT2D eigenvalue weighted by molar-refractivity contribution is 5.97. The summed E-state index contributed by atoms with van der Waals surface area (Å²) in [5.41, 5.74) is 3.63. The summed E-state index contributed by atoms with van der Waals surface area (Å²) in [5.74, 6) is 0.455. The summed E-state index contributed by atoms with van der Waals surface area (Å²) in [6, 6.07) is 7.66. The van der Waals surface area contributed by atoms with Crippen molar-refractivity contribution in [1.82, 2.24) is 24.8 Å². The number of hydrogen-bond acceptors (Lipinski definition) is 5. The molecule has 2 aromatic heterocycles. The fraction of sp³-hybridized carbons (Fsp3) is 0.364. The van der Waals surface area contributed by atoms with Gasteiger partial charge < -0.3 is 15.5 Å². The number of benzene rings is 1. The Labute approximate surface area is 175 Å². The van der Waals surface area contributed by atoms with Gasteiger partial charge in [0.05, 0.1) is 5.56 Å². The summed E-state index contributed by atoms with van der Waals surface area (Å²) < 4.78 is 1.64. The molecule has 156 valence electrons. The van der Waals surface area contributed by atoms with Gasteiger partial charge in [0, 0.05) is 37.1 Å². The molecule has 1 aliphatic carbocycles. The van der Waals surface area contributed by atoms with Crippen LogP contribution in [0.4, 0.5) is 11.5 Å². The highest BCUT2D eigenvalue weighted by Crippen LogP contribution is 2.25. The first kappa shape index (κ1) is 19.9. The van der Waals surface area contributed by atoms with Crippen molar-refractivity contribution in [2.45, 2.75) is 39.2 Å². The fourth-order valence-corrected chi connectivity index (χ4v) is 3.32. The highest BCUT2D eigenvalue weighted by Gasteiger charge is 2.24. The molecular formula is C22H26N6O2. The predicted octanol–water partition coefficient (Wildman–Crippen LogP) is 3.16. The van der Waals surface area contributed by atoms with E-state index in [1.54, 1.807) is 28.7 Å². The van der Waals surface area contributed by atoms with Crippen LogP contribution in [0.25, 0.3) is 5.52 Å². The normalized spacial score (nSPS) is 13.3. The quantitative estimate of drug-likeness (QED) is 0.629. The monoisotopic (exact) mass is 406 g/mol. The van der Waals surface area contributed by atoms with E-state index in [4.69, 9.17) is 0 Å². The molecule has 1 fully saturated rings. The number of amides is 2. The van der Waals surface area contributed by atoms with Gasteiger partial charge in [0.1, 0.15) is 11.8 Å². The molecule has 2 N–H and O–H groups in total. The highest BCUT2D eigenvalue weighted by atomic mass is 16.2. The predicted molar refractivity (Wildman–Crippen MR) is 115 cm³/mol. The Bertz CT molecular complexity index is 1100. The molecule has 0 spiro atoms. The van der Waals surface area contributed by atoms with Crippen LogP contribution < -0.4 is 10.6 Å². The van der Waals surface area contributed by atoms with Gasteiger partial charge in [-0.05, 0) is 49.9 Å². The van der Waals surface area contributed by atoms with E-state index in [0.717, 1.165) is 30.5 Å². The Kier molecular flexibility index (Phi) is 5.39. The van der Waals surface area contributed by atoms with Crippen molar-refractivity contribution in [2.75, 3.05) is 18.9 Å². The Morgan fingerprint density at radius 2 is 2.03 bits per heavy atom. The average Bonchev–Trinajstić information content (AvgIpc) is 3.43. The molecule has 8 nitrogen and oxygen atoms in total. The van der Waals surface area contributed by atoms with Gasteiger partial charge in [-0.15, -0.1) is 0 Å². The Morgan fingerprint density at radius 1 is 1.23 bits per heavy atom. The molecular weight excluding hydrogens is 380 g/mol. The second kappa shape index (κ2) is 8.14. The van der Waals surface area contributed by atoms with Gasteiger partial charge in [-0.3, -0.25) is 9.59 Å². The minimum atomic E-state index is -0.0667. The molecule has 0 saturated heterocycles. The molecule has 1 saturated carbocycles. The van der Waals surface area contributed by atoms with Crippen LogP contribution in [0.2, 0.25) is 0 Å². The van der Waals surface area contributed by atoms with Crippen LogP contribution in [-0.2, 0) is 0 Å². The molecule has 0 bridgehead atoms. The van der Waals surface area contributed by atoms with Crippen molar-refractivity contribution < 1.29 is 9.59 Å². The van der Waals surface area contributed by atoms with Gasteiger partial charge in [-0.25, -0.2) is 9.50 Å². The maximum absolute atomic E-state index is 12.6. The van der Waals surface area contributed by atoms with Crippen LogP contribution in [0.15, 0.2) is 36.8 Å². The third-order valence-corrected chi connectivity index (χ3v) is 5.22. The summed E-state index contributed by atoms with van der Waals surface area (Å²) >= 11 is 0. The number of anilines is 2. The third-order valence-electron chi connectivity index (χ3n) is 5.22. The smallest absolute Gasteiger partial charge is 0.255 e. The summed E-state index contributed by atoms with van der Waals surface area (Å²) in [7, 11) is 1.79. The Morgan fingerprint density at radius 3 is 2.77 bits per heavy atom. The van der Waals surface area contributed by atoms with Gasteiger partial charge in [-0.2, -0.15) is 5.10 Å². The molecule has 0 aliphatic heterocycles. The zero-order chi connectivity index (χ0) is 21.3. The lowest BCUT2D eigenvalue weighted by molar-refractivity contribution is 0.0795. The molecule has 1 aliphatic rings. The first-order valence-corrected chi connectivity index (χ1v) is 10.2. The summed E-state index contributed by atoms with van der Waals surface area (Å²) in [5, 5.41) is 10.5. The number of carbonyl (C=O) groups excluding carboxylic acids is 2. The lowest BCUT2D eigenvalue weighted by Crippen LogP contribution is -2.26. The maximum atomic E-state index is 12.6. The Balaban J connectivity index is 1.62. The van der Waals surface area contributed by atoms with Crippen LogP contribution >= 0.6 is 0 Å². The van der Waals surface area contributed by atoms with E-state index in [1.165, 1.54) is 6.33 Å². The number of nitrogens with zero attached hydrogens (tertiary/aromatic N) is 4. The van der Waals surface area contributed by atoms with E-state index >= 15 is 0 Å². The van der Waals surface area contributed by atoms with Crippen LogP contribution in [0.1, 0.15) is 52.5 Å². The lowest BCUT2D eigenvalue weighted by atomic mass is 10.1. The van der Waals surface area contributed by atoms with Crippen LogP contribution in [0.3, 0.4) is 0 Å². The number of rotatable bonds is 7. The van der Waals surface area contributed by atoms with Crippen molar-refractivity contribution in [3.8, 4) is 0 Å². The van der Waals surface area contributed by atoms with E-state index in [-0.39, 0.29) is 11.8 Å². The summed E-state index contributed by atoms with van der Waals surface area (Å²) in [6.45, 7) is 4.70. The topological polar surface area (TPSA) is 91.6 Å². The molecule has 1 aromatic carbocycles. The SMILES string of the molecule is CCCN(C)C(=O)c1cc2c(Nc3cc(C(=O)NC4CC4)ccc3C)ncnn2c1. The van der Waals surface area contributed by atoms with Gasteiger partial charge in [-0.1, -0.05) is 13.0 Å². The van der Waals surface area contributed by atoms with Gasteiger partial charge in [0.25, 0.3) is 11.8 Å². The average molecular weight is 406 g/mol. The van der Waals surface area contributed by atoms with E-state index in [2.05, 4.69) is 20.7 Å². The van der Waals surface area contributed by atoms with Gasteiger partial charge >= 0.3 is 0 Å². The molecule has 8 heteroatoms. The first-order chi connectivity index (χ1) is 14.5. The number of fused-ring (bicyclic) bond motifs is 1. The molecule has 0 atom stereocenters. The van der Waals surface area contributed by atoms with E-state index < -0.39 is 0 Å².